The Hall–Kier alpha value is -4.77. The van der Waals surface area contributed by atoms with Crippen LogP contribution in [0.1, 0.15) is 70.2 Å². The highest BCUT2D eigenvalue weighted by Crippen LogP contribution is 2.37. The number of ketones is 1. The lowest BCUT2D eigenvalue weighted by molar-refractivity contribution is -0.144. The molecule has 2 unspecified atom stereocenters. The van der Waals surface area contributed by atoms with Crippen LogP contribution < -0.4 is 10.1 Å². The Balaban J connectivity index is 1.53. The molecule has 1 amide bonds. The first-order chi connectivity index (χ1) is 21.7. The van der Waals surface area contributed by atoms with Gasteiger partial charge >= 0.3 is 5.97 Å². The van der Waals surface area contributed by atoms with Crippen LogP contribution in [0.25, 0.3) is 0 Å². The smallest absolute Gasteiger partial charge is 0.328 e. The van der Waals surface area contributed by atoms with Gasteiger partial charge in [-0.2, -0.15) is 0 Å². The molecule has 1 heterocycles. The number of benzene rings is 3. The van der Waals surface area contributed by atoms with E-state index in [9.17, 15) is 22.8 Å². The van der Waals surface area contributed by atoms with Crippen LogP contribution in [0.4, 0.5) is 0 Å². The molecule has 1 N–H and O–H groups in total. The first-order valence-corrected chi connectivity index (χ1v) is 16.5. The summed E-state index contributed by atoms with van der Waals surface area (Å²) in [6.45, 7) is 3.68. The van der Waals surface area contributed by atoms with Gasteiger partial charge in [-0.05, 0) is 62.1 Å². The van der Waals surface area contributed by atoms with Crippen molar-refractivity contribution in [2.45, 2.75) is 62.4 Å². The van der Waals surface area contributed by atoms with E-state index in [0.717, 1.165) is 5.56 Å². The molecule has 0 aliphatic heterocycles. The Labute approximate surface area is 262 Å². The van der Waals surface area contributed by atoms with Crippen molar-refractivity contribution < 1.29 is 32.3 Å². The second kappa shape index (κ2) is 13.9. The van der Waals surface area contributed by atoms with E-state index in [1.54, 1.807) is 37.6 Å². The van der Waals surface area contributed by atoms with Crippen LogP contribution in [0, 0.1) is 0 Å². The number of carbonyl (C=O) groups is 3. The van der Waals surface area contributed by atoms with Gasteiger partial charge in [0.2, 0.25) is 0 Å². The van der Waals surface area contributed by atoms with Crippen LogP contribution >= 0.6 is 0 Å². The van der Waals surface area contributed by atoms with Crippen molar-refractivity contribution in [3.05, 3.63) is 113 Å². The minimum atomic E-state index is -4.16. The fraction of sp³-hybridized carbons (Fsp3) is 0.294. The van der Waals surface area contributed by atoms with Gasteiger partial charge in [0, 0.05) is 29.9 Å². The molecule has 2 atom stereocenters. The van der Waals surface area contributed by atoms with Gasteiger partial charge < -0.3 is 19.4 Å². The third-order valence-electron chi connectivity index (χ3n) is 7.68. The summed E-state index contributed by atoms with van der Waals surface area (Å²) in [7, 11) is -4.16. The number of hydrogen-bond acceptors (Lipinski definition) is 8. The van der Waals surface area contributed by atoms with Crippen LogP contribution in [-0.2, 0) is 38.1 Å². The van der Waals surface area contributed by atoms with E-state index in [4.69, 9.17) is 9.47 Å². The third-order valence-corrected chi connectivity index (χ3v) is 9.38. The lowest BCUT2D eigenvalue weighted by Gasteiger charge is -2.26. The second-order valence-corrected chi connectivity index (χ2v) is 12.8. The molecule has 0 spiro atoms. The summed E-state index contributed by atoms with van der Waals surface area (Å²) in [5.74, 6) is -1.55. The number of fused-ring (bicyclic) bond motifs is 1. The van der Waals surface area contributed by atoms with Gasteiger partial charge in [-0.25, -0.2) is 18.2 Å². The molecular formula is C34H35N3O7S. The summed E-state index contributed by atoms with van der Waals surface area (Å²) >= 11 is 0. The largest absolute Gasteiger partial charge is 0.484 e. The maximum Gasteiger partial charge on any atom is 0.328 e. The Bertz CT molecular complexity index is 1790. The van der Waals surface area contributed by atoms with Gasteiger partial charge in [-0.3, -0.25) is 9.59 Å². The van der Waals surface area contributed by atoms with E-state index in [2.05, 4.69) is 10.3 Å². The van der Waals surface area contributed by atoms with Gasteiger partial charge in [0.05, 0.1) is 35.7 Å². The van der Waals surface area contributed by atoms with Crippen LogP contribution in [0.5, 0.6) is 5.75 Å². The molecule has 10 nitrogen and oxygen atoms in total. The molecule has 45 heavy (non-hydrogen) atoms. The number of hydrogen-bond donors (Lipinski definition) is 1. The predicted molar refractivity (Wildman–Crippen MR) is 167 cm³/mol. The number of esters is 1. The summed E-state index contributed by atoms with van der Waals surface area (Å²) < 4.78 is 41.8. The molecule has 3 aromatic carbocycles. The Morgan fingerprint density at radius 1 is 1.02 bits per heavy atom. The summed E-state index contributed by atoms with van der Waals surface area (Å²) in [4.78, 5) is 42.2. The maximum atomic E-state index is 14.2. The molecule has 1 aromatic heterocycles. The number of imidazole rings is 1. The van der Waals surface area contributed by atoms with Crippen molar-refractivity contribution in [3.63, 3.8) is 0 Å². The van der Waals surface area contributed by atoms with E-state index >= 15 is 0 Å². The maximum absolute atomic E-state index is 14.2. The van der Waals surface area contributed by atoms with Crippen LogP contribution in [0.15, 0.2) is 90.3 Å². The Kier molecular flexibility index (Phi) is 9.77. The summed E-state index contributed by atoms with van der Waals surface area (Å²) in [6, 6.07) is 17.8. The number of amides is 1. The Morgan fingerprint density at radius 2 is 1.78 bits per heavy atom. The van der Waals surface area contributed by atoms with E-state index in [1.165, 1.54) is 25.1 Å². The molecular weight excluding hydrogens is 594 g/mol. The van der Waals surface area contributed by atoms with Crippen molar-refractivity contribution in [1.82, 2.24) is 14.9 Å². The Morgan fingerprint density at radius 3 is 2.51 bits per heavy atom. The molecule has 0 fully saturated rings. The number of nitrogens with one attached hydrogen (secondary N) is 1. The second-order valence-electron chi connectivity index (χ2n) is 10.8. The lowest BCUT2D eigenvalue weighted by Crippen LogP contribution is -2.40. The zero-order valence-electron chi connectivity index (χ0n) is 25.1. The molecule has 4 aromatic rings. The van der Waals surface area contributed by atoms with E-state index in [0.29, 0.717) is 48.2 Å². The van der Waals surface area contributed by atoms with Crippen LogP contribution in [0.3, 0.4) is 0 Å². The first-order valence-electron chi connectivity index (χ1n) is 14.8. The van der Waals surface area contributed by atoms with Gasteiger partial charge in [0.15, 0.2) is 15.6 Å². The van der Waals surface area contributed by atoms with Crippen molar-refractivity contribution in [3.8, 4) is 5.75 Å². The molecule has 5 rings (SSSR count). The molecule has 1 aliphatic rings. The van der Waals surface area contributed by atoms with E-state index in [1.807, 2.05) is 41.1 Å². The minimum absolute atomic E-state index is 0.0489. The first kappa shape index (κ1) is 31.6. The normalized spacial score (nSPS) is 14.2. The van der Waals surface area contributed by atoms with E-state index < -0.39 is 39.6 Å². The van der Waals surface area contributed by atoms with Crippen molar-refractivity contribution in [2.75, 3.05) is 6.61 Å². The fourth-order valence-corrected chi connectivity index (χ4v) is 7.09. The fourth-order valence-electron chi connectivity index (χ4n) is 5.46. The number of Topliss-reactive ketones (excluding diaryl/α,β-unsaturated/α-hetero) is 1. The summed E-state index contributed by atoms with van der Waals surface area (Å²) in [6.07, 6.45) is 6.16. The standard InChI is InChI=1S/C34H35N3O7S/c1-3-43-34(40)23(2)36-33(39)27-12-7-8-15-32(27)45(41,42)21-28-25-13-9-14-29(38)26(25)16-17-30(28)44-31(20-37-19-18-35-22-37)24-10-5-4-6-11-24/h4-8,10-12,15-19,22-23,31H,3,9,13-14,20-21H2,1-2H3,(H,36,39). The van der Waals surface area contributed by atoms with E-state index in [-0.39, 0.29) is 22.8 Å². The molecule has 0 radical (unpaired) electrons. The third kappa shape index (κ3) is 7.31. The van der Waals surface area contributed by atoms with Gasteiger partial charge in [0.25, 0.3) is 5.91 Å². The topological polar surface area (TPSA) is 134 Å². The van der Waals surface area contributed by atoms with Crippen molar-refractivity contribution in [1.29, 1.82) is 0 Å². The highest BCUT2D eigenvalue weighted by atomic mass is 32.2. The molecule has 11 heteroatoms. The molecule has 0 saturated heterocycles. The highest BCUT2D eigenvalue weighted by molar-refractivity contribution is 7.90. The number of rotatable bonds is 12. The number of nitrogens with zero attached hydrogens (tertiary/aromatic N) is 2. The highest BCUT2D eigenvalue weighted by Gasteiger charge is 2.30. The zero-order chi connectivity index (χ0) is 32.0. The number of carbonyl (C=O) groups excluding carboxylic acids is 3. The number of ether oxygens (including phenoxy) is 2. The van der Waals surface area contributed by atoms with Gasteiger partial charge in [-0.1, -0.05) is 42.5 Å². The predicted octanol–water partition coefficient (Wildman–Crippen LogP) is 4.88. The summed E-state index contributed by atoms with van der Waals surface area (Å²) in [5, 5.41) is 2.53. The van der Waals surface area contributed by atoms with Gasteiger partial charge in [-0.15, -0.1) is 0 Å². The van der Waals surface area contributed by atoms with Gasteiger partial charge in [0.1, 0.15) is 17.9 Å². The minimum Gasteiger partial charge on any atom is -0.484 e. The van der Waals surface area contributed by atoms with Crippen LogP contribution in [-0.4, -0.2) is 48.3 Å². The molecule has 0 bridgehead atoms. The number of sulfone groups is 1. The van der Waals surface area contributed by atoms with Crippen LogP contribution in [0.2, 0.25) is 0 Å². The molecule has 1 aliphatic carbocycles. The average Bonchev–Trinajstić information content (AvgIpc) is 3.55. The molecule has 0 saturated carbocycles. The summed E-state index contributed by atoms with van der Waals surface area (Å²) in [5.41, 5.74) is 2.30. The SMILES string of the molecule is CCOC(=O)C(C)NC(=O)c1ccccc1S(=O)(=O)Cc1c(OC(Cn2ccnc2)c2ccccc2)ccc2c1CCCC2=O. The van der Waals surface area contributed by atoms with Crippen molar-refractivity contribution in [2.24, 2.45) is 0 Å². The lowest BCUT2D eigenvalue weighted by atomic mass is 9.87. The number of aromatic nitrogens is 2. The quantitative estimate of drug-likeness (QED) is 0.219. The zero-order valence-corrected chi connectivity index (χ0v) is 26.0. The monoisotopic (exact) mass is 629 g/mol. The average molecular weight is 630 g/mol. The molecule has 234 valence electrons. The van der Waals surface area contributed by atoms with Crippen molar-refractivity contribution >= 4 is 27.5 Å².